The van der Waals surface area contributed by atoms with E-state index >= 15 is 0 Å². The van der Waals surface area contributed by atoms with E-state index in [2.05, 4.69) is 20.7 Å². The first-order chi connectivity index (χ1) is 15.4. The summed E-state index contributed by atoms with van der Waals surface area (Å²) >= 11 is 0. The van der Waals surface area contributed by atoms with Gasteiger partial charge in [0.15, 0.2) is 0 Å². The minimum atomic E-state index is -2.06. The van der Waals surface area contributed by atoms with Gasteiger partial charge in [0.25, 0.3) is 0 Å². The van der Waals surface area contributed by atoms with Crippen molar-refractivity contribution >= 4 is 27.1 Å². The average molecular weight is 457 g/mol. The fraction of sp³-hybridized carbons (Fsp3) is 0.500. The zero-order chi connectivity index (χ0) is 22.3. The van der Waals surface area contributed by atoms with Crippen LogP contribution in [0.5, 0.6) is 0 Å². The molecule has 8 heteroatoms. The predicted molar refractivity (Wildman–Crippen MR) is 125 cm³/mol. The van der Waals surface area contributed by atoms with Crippen molar-refractivity contribution < 1.29 is 13.4 Å². The minimum absolute atomic E-state index is 0.0305. The molecule has 1 aromatic heterocycles. The highest BCUT2D eigenvalue weighted by molar-refractivity contribution is 8.00. The van der Waals surface area contributed by atoms with Crippen LogP contribution < -0.4 is 4.90 Å². The molecule has 5 rings (SSSR count). The molecule has 170 valence electrons. The van der Waals surface area contributed by atoms with Crippen LogP contribution in [0.4, 0.5) is 10.2 Å². The molecule has 1 aromatic carbocycles. The number of hydrogen-bond acceptors (Lipinski definition) is 5. The lowest BCUT2D eigenvalue weighted by Crippen LogP contribution is -2.53. The van der Waals surface area contributed by atoms with Gasteiger partial charge in [-0.3, -0.25) is 14.0 Å². The van der Waals surface area contributed by atoms with E-state index < -0.39 is 15.6 Å². The summed E-state index contributed by atoms with van der Waals surface area (Å²) < 4.78 is 27.0. The molecular formula is C24H29FN4O2S. The molecule has 1 saturated carbocycles. The standard InChI is InChI=1S/C24H29FN4O2S/c1-32(31)12-8-18(9-13-32)24(30)29-11-10-28(16-22(29)19-4-2-3-5-20(19)25)23-15-26-21(14-27-23)17-6-7-17/h2-5,14-15,17-18,22H,1,6-13,16H2. The van der Waals surface area contributed by atoms with Gasteiger partial charge >= 0.3 is 0 Å². The second-order valence-corrected chi connectivity index (χ2v) is 12.0. The maximum atomic E-state index is 14.8. The quantitative estimate of drug-likeness (QED) is 0.662. The average Bonchev–Trinajstić information content (AvgIpc) is 3.64. The molecule has 0 N–H and O–H groups in total. The van der Waals surface area contributed by atoms with E-state index in [1.807, 2.05) is 17.2 Å². The molecule has 1 amide bonds. The summed E-state index contributed by atoms with van der Waals surface area (Å²) in [5.41, 5.74) is 1.55. The number of benzene rings is 1. The van der Waals surface area contributed by atoms with E-state index in [1.54, 1.807) is 18.3 Å². The largest absolute Gasteiger partial charge is 0.351 e. The lowest BCUT2D eigenvalue weighted by atomic mass is 9.96. The van der Waals surface area contributed by atoms with Crippen LogP contribution in [0.1, 0.15) is 48.9 Å². The summed E-state index contributed by atoms with van der Waals surface area (Å²) in [5.74, 6) is 5.62. The van der Waals surface area contributed by atoms with Crippen LogP contribution in [0.3, 0.4) is 0 Å². The third-order valence-corrected chi connectivity index (χ3v) is 8.89. The van der Waals surface area contributed by atoms with E-state index in [0.717, 1.165) is 11.5 Å². The van der Waals surface area contributed by atoms with Crippen LogP contribution >= 0.6 is 0 Å². The second kappa shape index (κ2) is 8.46. The van der Waals surface area contributed by atoms with Crippen molar-refractivity contribution in [3.8, 4) is 0 Å². The van der Waals surface area contributed by atoms with Crippen LogP contribution in [0.25, 0.3) is 0 Å². The monoisotopic (exact) mass is 456 g/mol. The predicted octanol–water partition coefficient (Wildman–Crippen LogP) is 3.01. The molecule has 1 atom stereocenters. The molecule has 6 nitrogen and oxygen atoms in total. The van der Waals surface area contributed by atoms with Crippen LogP contribution in [0, 0.1) is 11.7 Å². The molecule has 2 aliphatic heterocycles. The number of carbonyl (C=O) groups is 1. The van der Waals surface area contributed by atoms with Crippen molar-refractivity contribution in [3.05, 3.63) is 53.7 Å². The van der Waals surface area contributed by atoms with E-state index in [9.17, 15) is 13.4 Å². The van der Waals surface area contributed by atoms with Gasteiger partial charge in [0.2, 0.25) is 5.91 Å². The number of amides is 1. The number of anilines is 1. The molecule has 0 spiro atoms. The Bertz CT molecular complexity index is 1090. The number of hydrogen-bond donors (Lipinski definition) is 0. The van der Waals surface area contributed by atoms with Gasteiger partial charge in [-0.25, -0.2) is 9.37 Å². The number of nitrogens with zero attached hydrogens (tertiary/aromatic N) is 4. The van der Waals surface area contributed by atoms with Crippen LogP contribution in [0.15, 0.2) is 36.7 Å². The lowest BCUT2D eigenvalue weighted by Gasteiger charge is -2.44. The normalized spacial score (nSPS) is 28.5. The van der Waals surface area contributed by atoms with Crippen molar-refractivity contribution in [2.75, 3.05) is 36.0 Å². The zero-order valence-corrected chi connectivity index (χ0v) is 19.0. The first-order valence-corrected chi connectivity index (χ1v) is 13.4. The smallest absolute Gasteiger partial charge is 0.226 e. The Balaban J connectivity index is 1.39. The highest BCUT2D eigenvalue weighted by Crippen LogP contribution is 2.39. The van der Waals surface area contributed by atoms with Gasteiger partial charge in [-0.2, -0.15) is 0 Å². The summed E-state index contributed by atoms with van der Waals surface area (Å²) in [5, 5.41) is 0. The molecule has 32 heavy (non-hydrogen) atoms. The Kier molecular flexibility index (Phi) is 5.65. The highest BCUT2D eigenvalue weighted by atomic mass is 32.2. The highest BCUT2D eigenvalue weighted by Gasteiger charge is 2.38. The Labute approximate surface area is 188 Å². The summed E-state index contributed by atoms with van der Waals surface area (Å²) in [6, 6.07) is 6.27. The molecule has 1 aliphatic carbocycles. The Hall–Kier alpha value is -2.48. The van der Waals surface area contributed by atoms with Gasteiger partial charge in [-0.15, -0.1) is 0 Å². The summed E-state index contributed by atoms with van der Waals surface area (Å²) in [4.78, 5) is 26.6. The van der Waals surface area contributed by atoms with E-state index in [4.69, 9.17) is 0 Å². The zero-order valence-electron chi connectivity index (χ0n) is 18.2. The first-order valence-electron chi connectivity index (χ1n) is 11.4. The first kappa shape index (κ1) is 21.4. The number of piperazine rings is 1. The SMILES string of the molecule is C=S1(=O)CCC(C(=O)N2CCN(c3cnc(C4CC4)cn3)CC2c2ccccc2F)CC1. The molecule has 3 aliphatic rings. The number of halogens is 1. The van der Waals surface area contributed by atoms with Gasteiger partial charge in [0.05, 0.1) is 24.1 Å². The molecular weight excluding hydrogens is 427 g/mol. The fourth-order valence-corrected chi connectivity index (χ4v) is 6.42. The maximum Gasteiger partial charge on any atom is 0.226 e. The second-order valence-electron chi connectivity index (χ2n) is 9.24. The number of rotatable bonds is 4. The van der Waals surface area contributed by atoms with Crippen molar-refractivity contribution in [1.82, 2.24) is 14.9 Å². The molecule has 2 aromatic rings. The van der Waals surface area contributed by atoms with Gasteiger partial charge in [-0.1, -0.05) is 18.2 Å². The van der Waals surface area contributed by atoms with Crippen LogP contribution in [-0.2, 0) is 14.3 Å². The van der Waals surface area contributed by atoms with Crippen LogP contribution in [-0.4, -0.2) is 62.0 Å². The molecule has 0 radical (unpaired) electrons. The topological polar surface area (TPSA) is 66.4 Å². The number of aromatic nitrogens is 2. The third-order valence-electron chi connectivity index (χ3n) is 6.93. The van der Waals surface area contributed by atoms with E-state index in [1.165, 1.54) is 18.9 Å². The van der Waals surface area contributed by atoms with Gasteiger partial charge in [0, 0.05) is 48.5 Å². The van der Waals surface area contributed by atoms with Crippen molar-refractivity contribution in [2.24, 2.45) is 5.92 Å². The van der Waals surface area contributed by atoms with E-state index in [-0.39, 0.29) is 17.6 Å². The Morgan fingerprint density at radius 1 is 1.06 bits per heavy atom. The summed E-state index contributed by atoms with van der Waals surface area (Å²) in [7, 11) is -2.06. The van der Waals surface area contributed by atoms with Gasteiger partial charge in [-0.05, 0) is 47.1 Å². The molecule has 1 unspecified atom stereocenters. The molecule has 3 heterocycles. The molecule has 0 bridgehead atoms. The Morgan fingerprint density at radius 2 is 1.81 bits per heavy atom. The van der Waals surface area contributed by atoms with Crippen LogP contribution in [0.2, 0.25) is 0 Å². The van der Waals surface area contributed by atoms with Crippen molar-refractivity contribution in [2.45, 2.75) is 37.6 Å². The van der Waals surface area contributed by atoms with Gasteiger partial charge < -0.3 is 9.80 Å². The summed E-state index contributed by atoms with van der Waals surface area (Å²) in [6.45, 7) is 1.57. The van der Waals surface area contributed by atoms with Crippen molar-refractivity contribution in [1.29, 1.82) is 0 Å². The Morgan fingerprint density at radius 3 is 2.47 bits per heavy atom. The third kappa shape index (κ3) is 4.37. The maximum absolute atomic E-state index is 14.8. The number of carbonyl (C=O) groups excluding carboxylic acids is 1. The minimum Gasteiger partial charge on any atom is -0.351 e. The molecule has 2 saturated heterocycles. The van der Waals surface area contributed by atoms with Gasteiger partial charge in [0.1, 0.15) is 11.6 Å². The fourth-order valence-electron chi connectivity index (χ4n) is 4.79. The van der Waals surface area contributed by atoms with E-state index in [0.29, 0.717) is 55.5 Å². The lowest BCUT2D eigenvalue weighted by molar-refractivity contribution is -0.138. The summed E-state index contributed by atoms with van der Waals surface area (Å²) in [6.07, 6.45) is 7.16. The molecule has 3 fully saturated rings. The van der Waals surface area contributed by atoms with Crippen molar-refractivity contribution in [3.63, 3.8) is 0 Å².